The van der Waals surface area contributed by atoms with E-state index in [0.717, 1.165) is 45.4 Å². The van der Waals surface area contributed by atoms with E-state index in [1.807, 2.05) is 6.92 Å². The lowest BCUT2D eigenvalue weighted by Gasteiger charge is -2.45. The number of hydrogen-bond donors (Lipinski definition) is 1. The smallest absolute Gasteiger partial charge is 0.303 e. The molecule has 2 fully saturated rings. The summed E-state index contributed by atoms with van der Waals surface area (Å²) in [5, 5.41) is 8.76. The van der Waals surface area contributed by atoms with Gasteiger partial charge in [0.1, 0.15) is 0 Å². The van der Waals surface area contributed by atoms with Crippen LogP contribution in [-0.4, -0.2) is 47.8 Å². The minimum atomic E-state index is -0.650. The van der Waals surface area contributed by atoms with Gasteiger partial charge in [-0.05, 0) is 51.6 Å². The molecule has 1 aliphatic heterocycles. The lowest BCUT2D eigenvalue weighted by molar-refractivity contribution is -0.138. The average Bonchev–Trinajstić information content (AvgIpc) is 2.24. The van der Waals surface area contributed by atoms with Gasteiger partial charge in [0.2, 0.25) is 0 Å². The molecule has 0 atom stereocenters. The van der Waals surface area contributed by atoms with Crippen molar-refractivity contribution < 1.29 is 14.6 Å². The van der Waals surface area contributed by atoms with Crippen LogP contribution in [0.3, 0.4) is 0 Å². The van der Waals surface area contributed by atoms with Crippen LogP contribution in [0.4, 0.5) is 0 Å². The Balaban J connectivity index is 1.65. The lowest BCUT2D eigenvalue weighted by atomic mass is 9.84. The fourth-order valence-corrected chi connectivity index (χ4v) is 2.98. The normalized spacial score (nSPS) is 31.1. The van der Waals surface area contributed by atoms with E-state index in [2.05, 4.69) is 4.90 Å². The maximum Gasteiger partial charge on any atom is 0.303 e. The quantitative estimate of drug-likeness (QED) is 0.796. The van der Waals surface area contributed by atoms with E-state index in [1.165, 1.54) is 0 Å². The molecule has 0 spiro atoms. The molecule has 0 aromatic heterocycles. The first-order chi connectivity index (χ1) is 8.19. The zero-order valence-corrected chi connectivity index (χ0v) is 10.6. The van der Waals surface area contributed by atoms with E-state index in [-0.39, 0.29) is 0 Å². The number of carboxylic acid groups (broad SMARTS) is 1. The maximum absolute atomic E-state index is 10.6. The van der Waals surface area contributed by atoms with Crippen molar-refractivity contribution in [2.45, 2.75) is 51.2 Å². The van der Waals surface area contributed by atoms with Gasteiger partial charge in [0, 0.05) is 19.1 Å². The summed E-state index contributed by atoms with van der Waals surface area (Å²) in [5.41, 5.74) is 0. The van der Waals surface area contributed by atoms with Gasteiger partial charge in [-0.15, -0.1) is 0 Å². The molecule has 0 aromatic rings. The molecule has 1 aliphatic carbocycles. The molecule has 98 valence electrons. The first-order valence-corrected chi connectivity index (χ1v) is 6.76. The van der Waals surface area contributed by atoms with Gasteiger partial charge >= 0.3 is 5.97 Å². The van der Waals surface area contributed by atoms with Crippen LogP contribution in [0.2, 0.25) is 0 Å². The predicted octanol–water partition coefficient (Wildman–Crippen LogP) is 1.74. The van der Waals surface area contributed by atoms with Crippen molar-refractivity contribution in [3.8, 4) is 0 Å². The Hall–Kier alpha value is -0.610. The Kier molecular flexibility index (Phi) is 4.40. The fourth-order valence-electron chi connectivity index (χ4n) is 2.98. The van der Waals surface area contributed by atoms with Crippen LogP contribution >= 0.6 is 0 Å². The number of hydrogen-bond acceptors (Lipinski definition) is 3. The second-order valence-corrected chi connectivity index (χ2v) is 5.28. The standard InChI is InChI=1S/C13H23NO3/c1-2-17-12-8-11(9-12)14-5-3-10(4-6-14)7-13(15)16/h10-12H,2-9H2,1H3,(H,15,16). The van der Waals surface area contributed by atoms with Gasteiger partial charge in [-0.1, -0.05) is 0 Å². The molecule has 1 saturated heterocycles. The molecule has 17 heavy (non-hydrogen) atoms. The van der Waals surface area contributed by atoms with Gasteiger partial charge in [0.05, 0.1) is 6.10 Å². The summed E-state index contributed by atoms with van der Waals surface area (Å²) in [5.74, 6) is -0.255. The molecule has 0 radical (unpaired) electrons. The van der Waals surface area contributed by atoms with Crippen LogP contribution in [0, 0.1) is 5.92 Å². The highest BCUT2D eigenvalue weighted by Crippen LogP contribution is 2.32. The van der Waals surface area contributed by atoms with Crippen molar-refractivity contribution in [2.24, 2.45) is 5.92 Å². The number of nitrogens with zero attached hydrogens (tertiary/aromatic N) is 1. The number of likely N-dealkylation sites (tertiary alicyclic amines) is 1. The number of aliphatic carboxylic acids is 1. The Bertz CT molecular complexity index is 255. The van der Waals surface area contributed by atoms with Crippen molar-refractivity contribution in [1.82, 2.24) is 4.90 Å². The summed E-state index contributed by atoms with van der Waals surface area (Å²) in [6.45, 7) is 5.01. The molecular weight excluding hydrogens is 218 g/mol. The zero-order valence-electron chi connectivity index (χ0n) is 10.6. The summed E-state index contributed by atoms with van der Waals surface area (Å²) < 4.78 is 5.57. The molecule has 1 heterocycles. The van der Waals surface area contributed by atoms with Gasteiger partial charge < -0.3 is 14.7 Å². The largest absolute Gasteiger partial charge is 0.481 e. The van der Waals surface area contributed by atoms with Gasteiger partial charge in [0.15, 0.2) is 0 Å². The number of ether oxygens (including phenoxy) is 1. The first kappa shape index (κ1) is 12.8. The molecule has 0 amide bonds. The first-order valence-electron chi connectivity index (χ1n) is 6.76. The summed E-state index contributed by atoms with van der Waals surface area (Å²) in [4.78, 5) is 13.2. The van der Waals surface area contributed by atoms with Crippen molar-refractivity contribution in [3.63, 3.8) is 0 Å². The van der Waals surface area contributed by atoms with E-state index < -0.39 is 5.97 Å². The highest BCUT2D eigenvalue weighted by atomic mass is 16.5. The Morgan fingerprint density at radius 2 is 2.00 bits per heavy atom. The summed E-state index contributed by atoms with van der Waals surface area (Å²) in [6.07, 6.45) is 5.24. The van der Waals surface area contributed by atoms with Crippen molar-refractivity contribution >= 4 is 5.97 Å². The lowest BCUT2D eigenvalue weighted by Crippen LogP contribution is -2.50. The third kappa shape index (κ3) is 3.42. The van der Waals surface area contributed by atoms with Crippen LogP contribution in [-0.2, 0) is 9.53 Å². The number of rotatable bonds is 5. The molecular formula is C13H23NO3. The van der Waals surface area contributed by atoms with Crippen LogP contribution in [0.5, 0.6) is 0 Å². The average molecular weight is 241 g/mol. The zero-order chi connectivity index (χ0) is 12.3. The highest BCUT2D eigenvalue weighted by molar-refractivity contribution is 5.67. The van der Waals surface area contributed by atoms with Gasteiger partial charge in [-0.25, -0.2) is 0 Å². The number of carbonyl (C=O) groups is 1. The Morgan fingerprint density at radius 3 is 2.53 bits per heavy atom. The molecule has 0 aromatic carbocycles. The predicted molar refractivity (Wildman–Crippen MR) is 65.0 cm³/mol. The number of carboxylic acids is 1. The molecule has 0 bridgehead atoms. The molecule has 2 rings (SSSR count). The third-order valence-electron chi connectivity index (χ3n) is 4.10. The van der Waals surface area contributed by atoms with E-state index in [1.54, 1.807) is 0 Å². The van der Waals surface area contributed by atoms with E-state index >= 15 is 0 Å². The summed E-state index contributed by atoms with van der Waals surface area (Å²) >= 11 is 0. The molecule has 0 unspecified atom stereocenters. The molecule has 4 heteroatoms. The van der Waals surface area contributed by atoms with E-state index in [9.17, 15) is 4.79 Å². The summed E-state index contributed by atoms with van der Waals surface area (Å²) in [7, 11) is 0. The van der Waals surface area contributed by atoms with Gasteiger partial charge in [-0.2, -0.15) is 0 Å². The fraction of sp³-hybridized carbons (Fsp3) is 0.923. The Labute approximate surface area is 103 Å². The van der Waals surface area contributed by atoms with Crippen molar-refractivity contribution in [3.05, 3.63) is 0 Å². The maximum atomic E-state index is 10.6. The molecule has 4 nitrogen and oxygen atoms in total. The van der Waals surface area contributed by atoms with E-state index in [4.69, 9.17) is 9.84 Å². The van der Waals surface area contributed by atoms with Crippen molar-refractivity contribution in [2.75, 3.05) is 19.7 Å². The summed E-state index contributed by atoms with van der Waals surface area (Å²) in [6, 6.07) is 0.692. The Morgan fingerprint density at radius 1 is 1.35 bits per heavy atom. The van der Waals surface area contributed by atoms with Gasteiger partial charge in [-0.3, -0.25) is 4.79 Å². The van der Waals surface area contributed by atoms with E-state index in [0.29, 0.717) is 24.5 Å². The third-order valence-corrected chi connectivity index (χ3v) is 4.10. The van der Waals surface area contributed by atoms with Crippen LogP contribution in [0.1, 0.15) is 39.0 Å². The molecule has 1 saturated carbocycles. The molecule has 2 aliphatic rings. The molecule has 1 N–H and O–H groups in total. The minimum absolute atomic E-state index is 0.347. The van der Waals surface area contributed by atoms with Crippen LogP contribution in [0.15, 0.2) is 0 Å². The van der Waals surface area contributed by atoms with Crippen LogP contribution in [0.25, 0.3) is 0 Å². The SMILES string of the molecule is CCOC1CC(N2CCC(CC(=O)O)CC2)C1. The highest BCUT2D eigenvalue weighted by Gasteiger charge is 2.35. The minimum Gasteiger partial charge on any atom is -0.481 e. The monoisotopic (exact) mass is 241 g/mol. The van der Waals surface area contributed by atoms with Crippen LogP contribution < -0.4 is 0 Å². The topological polar surface area (TPSA) is 49.8 Å². The second kappa shape index (κ2) is 5.83. The van der Waals surface area contributed by atoms with Crippen molar-refractivity contribution in [1.29, 1.82) is 0 Å². The second-order valence-electron chi connectivity index (χ2n) is 5.28. The van der Waals surface area contributed by atoms with Gasteiger partial charge in [0.25, 0.3) is 0 Å². The number of piperidine rings is 1.